The molecule has 0 aliphatic rings. The molecule has 5 rings (SSSR count). The molecule has 26 heavy (non-hydrogen) atoms. The maximum Gasteiger partial charge on any atom is 0.157 e. The molecule has 4 aromatic heterocycles. The van der Waals surface area contributed by atoms with Gasteiger partial charge >= 0.3 is 0 Å². The van der Waals surface area contributed by atoms with E-state index < -0.39 is 0 Å². The van der Waals surface area contributed by atoms with Crippen LogP contribution in [-0.2, 0) is 0 Å². The largest absolute Gasteiger partial charge is 0.338 e. The lowest BCUT2D eigenvalue weighted by atomic mass is 10.2. The van der Waals surface area contributed by atoms with Crippen molar-refractivity contribution in [3.8, 4) is 0 Å². The van der Waals surface area contributed by atoms with Gasteiger partial charge in [0.2, 0.25) is 0 Å². The van der Waals surface area contributed by atoms with Gasteiger partial charge in [0.15, 0.2) is 11.5 Å². The van der Waals surface area contributed by atoms with Gasteiger partial charge in [-0.25, -0.2) is 9.97 Å². The number of anilines is 2. The number of halogens is 2. The smallest absolute Gasteiger partial charge is 0.157 e. The summed E-state index contributed by atoms with van der Waals surface area (Å²) in [5.74, 6) is 0.637. The van der Waals surface area contributed by atoms with Crippen LogP contribution in [0, 0.1) is 0 Å². The third-order valence-electron chi connectivity index (χ3n) is 4.07. The number of pyridine rings is 2. The van der Waals surface area contributed by atoms with Crippen molar-refractivity contribution in [3.63, 3.8) is 0 Å². The minimum Gasteiger partial charge on any atom is -0.338 e. The summed E-state index contributed by atoms with van der Waals surface area (Å²) in [5, 5.41) is 5.32. The number of benzene rings is 1. The number of aromatic nitrogens is 5. The quantitative estimate of drug-likeness (QED) is 0.472. The molecule has 0 fully saturated rings. The van der Waals surface area contributed by atoms with E-state index in [4.69, 9.17) is 33.2 Å². The van der Waals surface area contributed by atoms with E-state index in [9.17, 15) is 0 Å². The van der Waals surface area contributed by atoms with Gasteiger partial charge in [-0.15, -0.1) is 0 Å². The zero-order valence-corrected chi connectivity index (χ0v) is 14.7. The predicted octanol–water partition coefficient (Wildman–Crippen LogP) is 4.88. The van der Waals surface area contributed by atoms with Crippen LogP contribution in [0.1, 0.15) is 0 Å². The van der Waals surface area contributed by atoms with E-state index in [0.717, 1.165) is 33.3 Å². The highest BCUT2D eigenvalue weighted by atomic mass is 35.5. The normalized spacial score (nSPS) is 11.5. The Morgan fingerprint density at radius 2 is 1.73 bits per heavy atom. The van der Waals surface area contributed by atoms with Crippen molar-refractivity contribution in [2.75, 3.05) is 5.32 Å². The summed E-state index contributed by atoms with van der Waals surface area (Å²) in [7, 11) is 0. The van der Waals surface area contributed by atoms with Crippen LogP contribution >= 0.6 is 23.2 Å². The third kappa shape index (κ3) is 2.42. The SMILES string of the molecule is Clc1cc(Cl)cc(Nc2nc3cnccc3c3nc4cnccn4c23)c1. The molecule has 0 amide bonds. The maximum atomic E-state index is 6.12. The van der Waals surface area contributed by atoms with Crippen molar-refractivity contribution in [2.24, 2.45) is 0 Å². The molecule has 0 saturated heterocycles. The van der Waals surface area contributed by atoms with Crippen molar-refractivity contribution >= 4 is 62.3 Å². The molecule has 0 spiro atoms. The first-order valence-corrected chi connectivity index (χ1v) is 8.53. The summed E-state index contributed by atoms with van der Waals surface area (Å²) in [6.45, 7) is 0. The average Bonchev–Trinajstić information content (AvgIpc) is 3.01. The highest BCUT2D eigenvalue weighted by Crippen LogP contribution is 2.32. The van der Waals surface area contributed by atoms with Gasteiger partial charge in [-0.2, -0.15) is 0 Å². The van der Waals surface area contributed by atoms with E-state index in [-0.39, 0.29) is 0 Å². The van der Waals surface area contributed by atoms with Gasteiger partial charge in [0.25, 0.3) is 0 Å². The molecular weight excluding hydrogens is 371 g/mol. The topological polar surface area (TPSA) is 68.0 Å². The zero-order chi connectivity index (χ0) is 17.7. The summed E-state index contributed by atoms with van der Waals surface area (Å²) >= 11 is 12.2. The second kappa shape index (κ2) is 5.79. The second-order valence-electron chi connectivity index (χ2n) is 5.75. The average molecular weight is 381 g/mol. The molecule has 4 heterocycles. The molecule has 0 saturated carbocycles. The van der Waals surface area contributed by atoms with Crippen molar-refractivity contribution < 1.29 is 0 Å². The molecule has 0 unspecified atom stereocenters. The Morgan fingerprint density at radius 1 is 0.923 bits per heavy atom. The second-order valence-corrected chi connectivity index (χ2v) is 6.62. The van der Waals surface area contributed by atoms with Crippen molar-refractivity contribution in [3.05, 3.63) is 65.3 Å². The number of nitrogens with one attached hydrogen (secondary N) is 1. The molecule has 5 aromatic rings. The fraction of sp³-hybridized carbons (Fsp3) is 0. The minimum absolute atomic E-state index is 0.543. The van der Waals surface area contributed by atoms with Crippen molar-refractivity contribution in [2.45, 2.75) is 0 Å². The zero-order valence-electron chi connectivity index (χ0n) is 13.2. The molecule has 126 valence electrons. The van der Waals surface area contributed by atoms with Gasteiger partial charge in [-0.3, -0.25) is 14.4 Å². The van der Waals surface area contributed by atoms with Crippen LogP contribution in [0.25, 0.3) is 27.6 Å². The molecule has 0 bridgehead atoms. The summed E-state index contributed by atoms with van der Waals surface area (Å²) in [4.78, 5) is 17.8. The van der Waals surface area contributed by atoms with Gasteiger partial charge in [0.1, 0.15) is 11.0 Å². The van der Waals surface area contributed by atoms with Crippen LogP contribution < -0.4 is 5.32 Å². The van der Waals surface area contributed by atoms with Gasteiger partial charge in [-0.1, -0.05) is 23.2 Å². The third-order valence-corrected chi connectivity index (χ3v) is 4.50. The number of nitrogens with zero attached hydrogens (tertiary/aromatic N) is 5. The Kier molecular flexibility index (Phi) is 3.41. The molecule has 1 N–H and O–H groups in total. The Balaban J connectivity index is 1.84. The monoisotopic (exact) mass is 380 g/mol. The minimum atomic E-state index is 0.543. The Bertz CT molecular complexity index is 1280. The molecule has 0 radical (unpaired) electrons. The Morgan fingerprint density at radius 3 is 2.58 bits per heavy atom. The summed E-state index contributed by atoms with van der Waals surface area (Å²) in [6.07, 6.45) is 8.73. The number of hydrogen-bond donors (Lipinski definition) is 1. The lowest BCUT2D eigenvalue weighted by Gasteiger charge is -2.10. The summed E-state index contributed by atoms with van der Waals surface area (Å²) < 4.78 is 1.95. The highest BCUT2D eigenvalue weighted by molar-refractivity contribution is 6.35. The van der Waals surface area contributed by atoms with E-state index in [1.807, 2.05) is 16.7 Å². The van der Waals surface area contributed by atoms with Gasteiger partial charge in [0, 0.05) is 39.7 Å². The van der Waals surface area contributed by atoms with Crippen molar-refractivity contribution in [1.29, 1.82) is 0 Å². The Labute approximate surface area is 157 Å². The fourth-order valence-corrected chi connectivity index (χ4v) is 3.55. The summed E-state index contributed by atoms with van der Waals surface area (Å²) in [5.41, 5.74) is 3.88. The molecule has 8 heteroatoms. The first kappa shape index (κ1) is 15.3. The fourth-order valence-electron chi connectivity index (χ4n) is 3.02. The van der Waals surface area contributed by atoms with Crippen LogP contribution in [0.3, 0.4) is 0 Å². The summed E-state index contributed by atoms with van der Waals surface area (Å²) in [6, 6.07) is 7.17. The maximum absolute atomic E-state index is 6.12. The predicted molar refractivity (Wildman–Crippen MR) is 103 cm³/mol. The van der Waals surface area contributed by atoms with E-state index in [2.05, 4.69) is 15.3 Å². The van der Waals surface area contributed by atoms with Crippen LogP contribution in [0.15, 0.2) is 55.2 Å². The van der Waals surface area contributed by atoms with E-state index >= 15 is 0 Å². The van der Waals surface area contributed by atoms with E-state index in [1.165, 1.54) is 0 Å². The standard InChI is InChI=1S/C18H10Cl2N6/c19-10-5-11(20)7-12(6-10)23-18-17-16(13-1-2-21-8-14(13)24-18)25-15-9-22-3-4-26(15)17/h1-9H,(H,23,24). The lowest BCUT2D eigenvalue weighted by molar-refractivity contribution is 1.15. The molecule has 0 aliphatic carbocycles. The van der Waals surface area contributed by atoms with Gasteiger partial charge < -0.3 is 5.32 Å². The number of rotatable bonds is 2. The first-order chi connectivity index (χ1) is 12.7. The molecule has 1 aromatic carbocycles. The molecular formula is C18H10Cl2N6. The lowest BCUT2D eigenvalue weighted by Crippen LogP contribution is -1.98. The van der Waals surface area contributed by atoms with Crippen LogP contribution in [-0.4, -0.2) is 24.3 Å². The van der Waals surface area contributed by atoms with Crippen LogP contribution in [0.4, 0.5) is 11.5 Å². The number of fused-ring (bicyclic) bond motifs is 5. The first-order valence-electron chi connectivity index (χ1n) is 7.78. The molecule has 0 atom stereocenters. The van der Waals surface area contributed by atoms with Crippen LogP contribution in [0.2, 0.25) is 10.0 Å². The Hall–Kier alpha value is -2.96. The van der Waals surface area contributed by atoms with Gasteiger partial charge in [-0.05, 0) is 24.3 Å². The van der Waals surface area contributed by atoms with Gasteiger partial charge in [0.05, 0.1) is 17.9 Å². The van der Waals surface area contributed by atoms with Crippen molar-refractivity contribution in [1.82, 2.24) is 24.3 Å². The molecule has 6 nitrogen and oxygen atoms in total. The van der Waals surface area contributed by atoms with E-state index in [0.29, 0.717) is 15.9 Å². The number of imidazole rings is 1. The van der Waals surface area contributed by atoms with E-state index in [1.54, 1.807) is 43.0 Å². The molecule has 0 aliphatic heterocycles. The highest BCUT2D eigenvalue weighted by Gasteiger charge is 2.15. The van der Waals surface area contributed by atoms with Crippen LogP contribution in [0.5, 0.6) is 0 Å². The number of hydrogen-bond acceptors (Lipinski definition) is 5.